The molecule has 5 nitrogen and oxygen atoms in total. The fourth-order valence-corrected chi connectivity index (χ4v) is 1.65. The number of hydrogen-bond acceptors (Lipinski definition) is 3. The first-order valence-corrected chi connectivity index (χ1v) is 5.62. The van der Waals surface area contributed by atoms with Gasteiger partial charge in [-0.15, -0.1) is 0 Å². The molecule has 1 unspecified atom stereocenters. The van der Waals surface area contributed by atoms with E-state index in [1.165, 1.54) is 0 Å². The summed E-state index contributed by atoms with van der Waals surface area (Å²) in [5.74, 6) is -0.188. The number of carbonyl (C=O) groups excluding carboxylic acids is 2. The van der Waals surface area contributed by atoms with Gasteiger partial charge in [-0.25, -0.2) is 0 Å². The summed E-state index contributed by atoms with van der Waals surface area (Å²) < 4.78 is 0. The maximum absolute atomic E-state index is 11.7. The first kappa shape index (κ1) is 13.0. The highest BCUT2D eigenvalue weighted by Gasteiger charge is 2.28. The van der Waals surface area contributed by atoms with Crippen LogP contribution in [0.5, 0.6) is 0 Å². The third kappa shape index (κ3) is 3.81. The Morgan fingerprint density at radius 1 is 1.62 bits per heavy atom. The van der Waals surface area contributed by atoms with Crippen LogP contribution in [-0.2, 0) is 9.59 Å². The zero-order valence-corrected chi connectivity index (χ0v) is 9.88. The van der Waals surface area contributed by atoms with Crippen LogP contribution in [0.1, 0.15) is 33.1 Å². The zero-order chi connectivity index (χ0) is 12.2. The van der Waals surface area contributed by atoms with E-state index in [-0.39, 0.29) is 29.9 Å². The number of carbonyl (C=O) groups is 2. The summed E-state index contributed by atoms with van der Waals surface area (Å²) in [6.45, 7) is 4.59. The maximum Gasteiger partial charge on any atom is 0.242 e. The largest absolute Gasteiger partial charge is 0.396 e. The van der Waals surface area contributed by atoms with E-state index < -0.39 is 0 Å². The minimum Gasteiger partial charge on any atom is -0.396 e. The Bertz CT molecular complexity index is 276. The van der Waals surface area contributed by atoms with Crippen molar-refractivity contribution in [2.75, 3.05) is 13.2 Å². The lowest BCUT2D eigenvalue weighted by Gasteiger charge is -2.24. The van der Waals surface area contributed by atoms with E-state index in [2.05, 4.69) is 10.6 Å². The molecule has 1 atom stereocenters. The Balaban J connectivity index is 2.32. The Kier molecular flexibility index (Phi) is 4.29. The Labute approximate surface area is 95.6 Å². The van der Waals surface area contributed by atoms with Crippen LogP contribution < -0.4 is 10.6 Å². The van der Waals surface area contributed by atoms with E-state index in [1.54, 1.807) is 0 Å². The molecule has 1 rings (SSSR count). The molecule has 0 aromatic rings. The third-order valence-corrected chi connectivity index (χ3v) is 2.84. The molecular weight excluding hydrogens is 208 g/mol. The van der Waals surface area contributed by atoms with Gasteiger partial charge in [-0.1, -0.05) is 13.8 Å². The lowest BCUT2D eigenvalue weighted by atomic mass is 9.89. The van der Waals surface area contributed by atoms with Crippen LogP contribution in [-0.4, -0.2) is 36.1 Å². The van der Waals surface area contributed by atoms with Crippen molar-refractivity contribution < 1.29 is 14.7 Å². The molecule has 92 valence electrons. The maximum atomic E-state index is 11.7. The number of nitrogens with one attached hydrogen (secondary N) is 2. The summed E-state index contributed by atoms with van der Waals surface area (Å²) in [5.41, 5.74) is -0.118. The summed E-state index contributed by atoms with van der Waals surface area (Å²) in [4.78, 5) is 22.6. The number of aliphatic hydroxyl groups is 1. The van der Waals surface area contributed by atoms with Gasteiger partial charge in [-0.2, -0.15) is 0 Å². The standard InChI is InChI=1S/C11H20N2O3/c1-11(2,5-6-14)7-12-10(16)8-3-4-9(15)13-8/h8,14H,3-7H2,1-2H3,(H,12,16)(H,13,15). The average molecular weight is 228 g/mol. The van der Waals surface area contributed by atoms with Gasteiger partial charge in [0.25, 0.3) is 0 Å². The molecule has 0 bridgehead atoms. The molecule has 0 radical (unpaired) electrons. The smallest absolute Gasteiger partial charge is 0.242 e. The van der Waals surface area contributed by atoms with Crippen LogP contribution >= 0.6 is 0 Å². The second kappa shape index (κ2) is 5.30. The molecule has 1 aliphatic rings. The molecule has 1 heterocycles. The molecule has 16 heavy (non-hydrogen) atoms. The van der Waals surface area contributed by atoms with Crippen LogP contribution in [0.3, 0.4) is 0 Å². The molecule has 5 heteroatoms. The highest BCUT2D eigenvalue weighted by Crippen LogP contribution is 2.18. The molecule has 1 saturated heterocycles. The Hall–Kier alpha value is -1.10. The second-order valence-electron chi connectivity index (χ2n) is 5.01. The molecule has 0 aliphatic carbocycles. The summed E-state index contributed by atoms with van der Waals surface area (Å²) in [7, 11) is 0. The molecule has 0 aromatic heterocycles. The molecule has 1 fully saturated rings. The van der Waals surface area contributed by atoms with Crippen LogP contribution in [0.2, 0.25) is 0 Å². The van der Waals surface area contributed by atoms with Crippen molar-refractivity contribution in [2.45, 2.75) is 39.2 Å². The minimum absolute atomic E-state index is 0.0604. The van der Waals surface area contributed by atoms with Crippen LogP contribution in [0.25, 0.3) is 0 Å². The normalized spacial score (nSPS) is 20.7. The number of rotatable bonds is 5. The first-order valence-electron chi connectivity index (χ1n) is 5.62. The minimum atomic E-state index is -0.377. The van der Waals surface area contributed by atoms with Gasteiger partial charge in [0.1, 0.15) is 6.04 Å². The van der Waals surface area contributed by atoms with Gasteiger partial charge in [0, 0.05) is 19.6 Å². The number of amides is 2. The average Bonchev–Trinajstić information content (AvgIpc) is 2.61. The van der Waals surface area contributed by atoms with Crippen molar-refractivity contribution in [3.63, 3.8) is 0 Å². The second-order valence-corrected chi connectivity index (χ2v) is 5.01. The quantitative estimate of drug-likeness (QED) is 0.609. The van der Waals surface area contributed by atoms with Gasteiger partial charge in [0.05, 0.1) is 0 Å². The fraction of sp³-hybridized carbons (Fsp3) is 0.818. The van der Waals surface area contributed by atoms with Gasteiger partial charge in [-0.3, -0.25) is 9.59 Å². The Morgan fingerprint density at radius 3 is 2.81 bits per heavy atom. The SMILES string of the molecule is CC(C)(CCO)CNC(=O)C1CCC(=O)N1. The summed E-state index contributed by atoms with van der Waals surface area (Å²) in [5, 5.41) is 14.3. The van der Waals surface area contributed by atoms with E-state index in [1.807, 2.05) is 13.8 Å². The Morgan fingerprint density at radius 2 is 2.31 bits per heavy atom. The van der Waals surface area contributed by atoms with Crippen molar-refractivity contribution in [1.82, 2.24) is 10.6 Å². The van der Waals surface area contributed by atoms with Gasteiger partial charge in [0.2, 0.25) is 11.8 Å². The van der Waals surface area contributed by atoms with Crippen LogP contribution in [0.4, 0.5) is 0 Å². The van der Waals surface area contributed by atoms with Crippen molar-refractivity contribution in [3.8, 4) is 0 Å². The predicted octanol–water partition coefficient (Wildman–Crippen LogP) is -0.210. The summed E-state index contributed by atoms with van der Waals surface area (Å²) >= 11 is 0. The lowest BCUT2D eigenvalue weighted by molar-refractivity contribution is -0.126. The van der Waals surface area contributed by atoms with E-state index in [0.717, 1.165) is 0 Å². The molecule has 3 N–H and O–H groups in total. The van der Waals surface area contributed by atoms with Crippen LogP contribution in [0, 0.1) is 5.41 Å². The summed E-state index contributed by atoms with van der Waals surface area (Å²) in [6, 6.07) is -0.377. The number of aliphatic hydroxyl groups excluding tert-OH is 1. The molecule has 0 aromatic carbocycles. The zero-order valence-electron chi connectivity index (χ0n) is 9.88. The highest BCUT2D eigenvalue weighted by molar-refractivity contribution is 5.90. The monoisotopic (exact) mass is 228 g/mol. The van der Waals surface area contributed by atoms with Gasteiger partial charge in [-0.05, 0) is 18.3 Å². The molecule has 1 aliphatic heterocycles. The van der Waals surface area contributed by atoms with E-state index in [4.69, 9.17) is 5.11 Å². The molecular formula is C11H20N2O3. The number of hydrogen-bond donors (Lipinski definition) is 3. The predicted molar refractivity (Wildman–Crippen MR) is 59.7 cm³/mol. The van der Waals surface area contributed by atoms with E-state index >= 15 is 0 Å². The molecule has 0 saturated carbocycles. The summed E-state index contributed by atoms with van der Waals surface area (Å²) in [6.07, 6.45) is 1.65. The molecule has 0 spiro atoms. The highest BCUT2D eigenvalue weighted by atomic mass is 16.3. The van der Waals surface area contributed by atoms with Crippen LogP contribution in [0.15, 0.2) is 0 Å². The van der Waals surface area contributed by atoms with E-state index in [9.17, 15) is 9.59 Å². The van der Waals surface area contributed by atoms with Crippen molar-refractivity contribution >= 4 is 11.8 Å². The van der Waals surface area contributed by atoms with Gasteiger partial charge >= 0.3 is 0 Å². The van der Waals surface area contributed by atoms with Gasteiger partial charge in [0.15, 0.2) is 0 Å². The fourth-order valence-electron chi connectivity index (χ4n) is 1.65. The van der Waals surface area contributed by atoms with E-state index in [0.29, 0.717) is 25.8 Å². The van der Waals surface area contributed by atoms with Crippen molar-refractivity contribution in [1.29, 1.82) is 0 Å². The molecule has 2 amide bonds. The van der Waals surface area contributed by atoms with Gasteiger partial charge < -0.3 is 15.7 Å². The van der Waals surface area contributed by atoms with Crippen molar-refractivity contribution in [2.24, 2.45) is 5.41 Å². The first-order chi connectivity index (χ1) is 7.44. The lowest BCUT2D eigenvalue weighted by Crippen LogP contribution is -2.44. The third-order valence-electron chi connectivity index (χ3n) is 2.84. The topological polar surface area (TPSA) is 78.4 Å². The van der Waals surface area contributed by atoms with Crippen molar-refractivity contribution in [3.05, 3.63) is 0 Å².